The molecule has 2 atom stereocenters. The maximum Gasteiger partial charge on any atom is 0.155 e. The Kier molecular flexibility index (Phi) is 8.23. The van der Waals surface area contributed by atoms with Crippen molar-refractivity contribution in [3.8, 4) is 0 Å². The van der Waals surface area contributed by atoms with Crippen LogP contribution in [0.25, 0.3) is 0 Å². The van der Waals surface area contributed by atoms with Gasteiger partial charge in [-0.15, -0.1) is 0 Å². The second-order valence-electron chi connectivity index (χ2n) is 6.80. The van der Waals surface area contributed by atoms with Gasteiger partial charge in [-0.2, -0.15) is 0 Å². The molecule has 1 unspecified atom stereocenters. The van der Waals surface area contributed by atoms with Crippen LogP contribution in [0.2, 0.25) is 0 Å². The maximum atomic E-state index is 13.2. The van der Waals surface area contributed by atoms with E-state index in [1.165, 1.54) is 18.4 Å². The van der Waals surface area contributed by atoms with E-state index < -0.39 is 9.73 Å². The number of ether oxygens (including phenoxy) is 1. The first-order valence-electron chi connectivity index (χ1n) is 9.03. The fraction of sp³-hybridized carbons (Fsp3) is 0.500. The van der Waals surface area contributed by atoms with Crippen LogP contribution in [0, 0.1) is 17.5 Å². The largest absolute Gasteiger partial charge is 0.411 e. The standard InChI is InChI=1S/C13H12FN3O2.C5H14N2O2S/c1-7-13(17-19-16-7)12(15-18)5-9-4-8-2-3-10(14)6-11(8)9;1-10(7,8)5-4-9-3-2-6/h2-3,6,9,18H,4-5H2,1H3;7H,2-6H2,1H3/b15-12+;/t9-;/m1./s1. The number of nitrogens with one attached hydrogen (secondary N) is 1. The van der Waals surface area contributed by atoms with Crippen LogP contribution >= 0.6 is 0 Å². The van der Waals surface area contributed by atoms with Crippen molar-refractivity contribution in [3.05, 3.63) is 46.5 Å². The van der Waals surface area contributed by atoms with Gasteiger partial charge in [-0.25, -0.2) is 9.02 Å². The Morgan fingerprint density at radius 3 is 2.83 bits per heavy atom. The normalized spacial score (nSPS) is 17.5. The minimum Gasteiger partial charge on any atom is -0.411 e. The summed E-state index contributed by atoms with van der Waals surface area (Å²) in [5.41, 5.74) is 8.68. The average Bonchev–Trinajstić information content (AvgIpc) is 3.07. The summed E-state index contributed by atoms with van der Waals surface area (Å²) in [6, 6.07) is 4.79. The number of nitrogens with two attached hydrogens (primary N) is 1. The number of benzene rings is 1. The molecular formula is C18H26FN5O4S. The summed E-state index contributed by atoms with van der Waals surface area (Å²) in [6.45, 7) is 3.06. The van der Waals surface area contributed by atoms with E-state index >= 15 is 0 Å². The molecule has 160 valence electrons. The number of aromatic nitrogens is 2. The van der Waals surface area contributed by atoms with E-state index in [0.29, 0.717) is 49.0 Å². The van der Waals surface area contributed by atoms with Gasteiger partial charge in [0.1, 0.15) is 17.2 Å². The molecule has 0 aliphatic heterocycles. The second kappa shape index (κ2) is 10.4. The molecule has 0 amide bonds. The van der Waals surface area contributed by atoms with Gasteiger partial charge in [-0.05, 0) is 47.7 Å². The summed E-state index contributed by atoms with van der Waals surface area (Å²) >= 11 is 0. The van der Waals surface area contributed by atoms with Gasteiger partial charge in [-0.3, -0.25) is 8.99 Å². The van der Waals surface area contributed by atoms with Gasteiger partial charge in [-0.1, -0.05) is 16.4 Å². The van der Waals surface area contributed by atoms with Crippen LogP contribution in [0.3, 0.4) is 0 Å². The molecule has 0 saturated heterocycles. The van der Waals surface area contributed by atoms with Crippen LogP contribution < -0.4 is 5.73 Å². The summed E-state index contributed by atoms with van der Waals surface area (Å²) < 4.78 is 40.4. The molecule has 29 heavy (non-hydrogen) atoms. The van der Waals surface area contributed by atoms with Gasteiger partial charge in [0.25, 0.3) is 0 Å². The highest BCUT2D eigenvalue weighted by atomic mass is 32.2. The Morgan fingerprint density at radius 1 is 1.48 bits per heavy atom. The van der Waals surface area contributed by atoms with E-state index in [1.807, 2.05) is 0 Å². The number of hydrogen-bond acceptors (Lipinski definition) is 9. The van der Waals surface area contributed by atoms with Crippen molar-refractivity contribution in [2.45, 2.75) is 25.7 Å². The lowest BCUT2D eigenvalue weighted by Crippen LogP contribution is -2.21. The molecule has 1 aliphatic carbocycles. The predicted octanol–water partition coefficient (Wildman–Crippen LogP) is 2.06. The molecule has 0 radical (unpaired) electrons. The van der Waals surface area contributed by atoms with Crippen molar-refractivity contribution in [1.29, 1.82) is 4.78 Å². The third kappa shape index (κ3) is 6.87. The molecule has 0 fully saturated rings. The molecule has 1 aliphatic rings. The molecule has 0 spiro atoms. The molecule has 4 N–H and O–H groups in total. The van der Waals surface area contributed by atoms with Crippen molar-refractivity contribution in [1.82, 2.24) is 10.3 Å². The number of halogens is 1. The number of oxime groups is 1. The minimum atomic E-state index is -2.37. The fourth-order valence-electron chi connectivity index (χ4n) is 2.87. The summed E-state index contributed by atoms with van der Waals surface area (Å²) in [5, 5.41) is 19.7. The number of hydrogen-bond donors (Lipinski definition) is 3. The van der Waals surface area contributed by atoms with Gasteiger partial charge >= 0.3 is 0 Å². The highest BCUT2D eigenvalue weighted by molar-refractivity contribution is 7.91. The van der Waals surface area contributed by atoms with Crippen LogP contribution in [-0.4, -0.2) is 57.2 Å². The average molecular weight is 428 g/mol. The van der Waals surface area contributed by atoms with Gasteiger partial charge in [0.2, 0.25) is 0 Å². The monoisotopic (exact) mass is 427 g/mol. The third-order valence-electron chi connectivity index (χ3n) is 4.38. The van der Waals surface area contributed by atoms with Gasteiger partial charge < -0.3 is 15.7 Å². The highest BCUT2D eigenvalue weighted by Gasteiger charge is 2.29. The van der Waals surface area contributed by atoms with E-state index in [9.17, 15) is 8.60 Å². The topological polar surface area (TPSA) is 148 Å². The van der Waals surface area contributed by atoms with E-state index in [-0.39, 0.29) is 11.7 Å². The van der Waals surface area contributed by atoms with Gasteiger partial charge in [0.05, 0.1) is 19.0 Å². The first-order chi connectivity index (χ1) is 13.7. The lowest BCUT2D eigenvalue weighted by molar-refractivity contribution is 0.157. The lowest BCUT2D eigenvalue weighted by atomic mass is 9.74. The van der Waals surface area contributed by atoms with Crippen molar-refractivity contribution >= 4 is 15.4 Å². The molecule has 1 heterocycles. The molecule has 0 bridgehead atoms. The van der Waals surface area contributed by atoms with Crippen LogP contribution in [0.4, 0.5) is 4.39 Å². The Balaban J connectivity index is 0.000000257. The molecule has 9 nitrogen and oxygen atoms in total. The number of fused-ring (bicyclic) bond motifs is 1. The zero-order valence-corrected chi connectivity index (χ0v) is 17.2. The number of aryl methyl sites for hydroxylation is 1. The van der Waals surface area contributed by atoms with E-state index in [0.717, 1.165) is 17.5 Å². The molecule has 1 aromatic carbocycles. The van der Waals surface area contributed by atoms with Crippen LogP contribution in [0.15, 0.2) is 28.0 Å². The quantitative estimate of drug-likeness (QED) is 0.253. The summed E-state index contributed by atoms with van der Waals surface area (Å²) in [5.74, 6) is 0.199. The Hall–Kier alpha value is -2.37. The SMILES string of the molecule is CS(=N)(=O)CCOCCN.Cc1nonc1/C(C[C@H]1Cc2ccc(F)cc21)=N/O. The Labute approximate surface area is 169 Å². The smallest absolute Gasteiger partial charge is 0.155 e. The van der Waals surface area contributed by atoms with E-state index in [1.54, 1.807) is 13.0 Å². The fourth-order valence-corrected chi connectivity index (χ4v) is 3.31. The Morgan fingerprint density at radius 2 is 2.24 bits per heavy atom. The van der Waals surface area contributed by atoms with Crippen LogP contribution in [-0.2, 0) is 20.9 Å². The van der Waals surface area contributed by atoms with E-state index in [4.69, 9.17) is 20.5 Å². The molecule has 3 rings (SSSR count). The first-order valence-corrected chi connectivity index (χ1v) is 11.2. The maximum absolute atomic E-state index is 13.2. The van der Waals surface area contributed by atoms with Gasteiger partial charge in [0.15, 0.2) is 5.69 Å². The molecule has 11 heteroatoms. The Bertz CT molecular complexity index is 945. The van der Waals surface area contributed by atoms with Crippen LogP contribution in [0.5, 0.6) is 0 Å². The van der Waals surface area contributed by atoms with E-state index in [2.05, 4.69) is 20.1 Å². The number of nitrogens with zero attached hydrogens (tertiary/aromatic N) is 3. The molecular weight excluding hydrogens is 401 g/mol. The zero-order chi connectivity index (χ0) is 21.4. The van der Waals surface area contributed by atoms with Gasteiger partial charge in [0, 0.05) is 29.0 Å². The zero-order valence-electron chi connectivity index (χ0n) is 16.4. The second-order valence-corrected chi connectivity index (χ2v) is 9.22. The minimum absolute atomic E-state index is 0.146. The number of rotatable bonds is 8. The summed E-state index contributed by atoms with van der Waals surface area (Å²) in [4.78, 5) is 0. The highest BCUT2D eigenvalue weighted by Crippen LogP contribution is 2.38. The molecule has 2 aromatic rings. The molecule has 1 aromatic heterocycles. The summed E-state index contributed by atoms with van der Waals surface area (Å²) in [7, 11) is -2.37. The predicted molar refractivity (Wildman–Crippen MR) is 106 cm³/mol. The van der Waals surface area contributed by atoms with Crippen LogP contribution in [0.1, 0.15) is 34.9 Å². The van der Waals surface area contributed by atoms with Crippen molar-refractivity contribution in [2.75, 3.05) is 31.8 Å². The lowest BCUT2D eigenvalue weighted by Gasteiger charge is -2.30. The summed E-state index contributed by atoms with van der Waals surface area (Å²) in [6.07, 6.45) is 2.74. The van der Waals surface area contributed by atoms with Crippen molar-refractivity contribution in [2.24, 2.45) is 10.9 Å². The van der Waals surface area contributed by atoms with Crippen molar-refractivity contribution < 1.29 is 23.2 Å². The molecule has 0 saturated carbocycles. The first kappa shape index (κ1) is 22.9. The van der Waals surface area contributed by atoms with Crippen molar-refractivity contribution in [3.63, 3.8) is 0 Å². The third-order valence-corrected chi connectivity index (χ3v) is 5.33.